The van der Waals surface area contributed by atoms with E-state index in [1.807, 2.05) is 36.0 Å². The van der Waals surface area contributed by atoms with Crippen molar-refractivity contribution in [3.8, 4) is 17.6 Å². The fraction of sp³-hybridized carbons (Fsp3) is 0.333. The van der Waals surface area contributed by atoms with Gasteiger partial charge in [-0.1, -0.05) is 0 Å². The summed E-state index contributed by atoms with van der Waals surface area (Å²) in [5.74, 6) is 0.931. The summed E-state index contributed by atoms with van der Waals surface area (Å²) < 4.78 is 12.4. The number of nitrogens with one attached hydrogen (secondary N) is 1. The van der Waals surface area contributed by atoms with Crippen LogP contribution in [-0.2, 0) is 4.79 Å². The number of carbonyl (C=O) groups excluding carboxylic acids is 1. The standard InChI is InChI=1S/C18H21N3O3/c1-13(21-8-4-5-9-21)10-18(22)20-16(12-19)15-7-6-14(23-2)11-17(15)24-3/h4-9,11,13,16H,10H2,1-3H3,(H,20,22)/t13-,16+/m1/s1. The molecule has 2 atom stereocenters. The summed E-state index contributed by atoms with van der Waals surface area (Å²) in [7, 11) is 3.07. The van der Waals surface area contributed by atoms with E-state index < -0.39 is 6.04 Å². The van der Waals surface area contributed by atoms with E-state index in [0.717, 1.165) is 0 Å². The van der Waals surface area contributed by atoms with Crippen LogP contribution in [0.2, 0.25) is 0 Å². The second kappa shape index (κ2) is 8.06. The van der Waals surface area contributed by atoms with E-state index in [1.165, 1.54) is 7.11 Å². The largest absolute Gasteiger partial charge is 0.497 e. The number of aromatic nitrogens is 1. The molecule has 126 valence electrons. The molecular formula is C18H21N3O3. The van der Waals surface area contributed by atoms with Crippen molar-refractivity contribution in [1.82, 2.24) is 9.88 Å². The summed E-state index contributed by atoms with van der Waals surface area (Å²) in [6.45, 7) is 1.95. The Hall–Kier alpha value is -2.94. The van der Waals surface area contributed by atoms with E-state index in [9.17, 15) is 10.1 Å². The van der Waals surface area contributed by atoms with Crippen LogP contribution in [-0.4, -0.2) is 24.7 Å². The number of carbonyl (C=O) groups is 1. The van der Waals surface area contributed by atoms with E-state index in [2.05, 4.69) is 11.4 Å². The third-order valence-electron chi connectivity index (χ3n) is 3.80. The molecule has 0 unspecified atom stereocenters. The fourth-order valence-corrected chi connectivity index (χ4v) is 2.47. The van der Waals surface area contributed by atoms with Crippen LogP contribution in [0.25, 0.3) is 0 Å². The number of ether oxygens (including phenoxy) is 2. The average Bonchev–Trinajstić information content (AvgIpc) is 3.14. The van der Waals surface area contributed by atoms with Gasteiger partial charge in [0.1, 0.15) is 17.5 Å². The van der Waals surface area contributed by atoms with Crippen LogP contribution >= 0.6 is 0 Å². The smallest absolute Gasteiger partial charge is 0.223 e. The second-order valence-electron chi connectivity index (χ2n) is 5.42. The maximum Gasteiger partial charge on any atom is 0.223 e. The van der Waals surface area contributed by atoms with Crippen LogP contribution in [0.15, 0.2) is 42.7 Å². The molecule has 0 aliphatic rings. The molecule has 0 bridgehead atoms. The Balaban J connectivity index is 2.09. The summed E-state index contributed by atoms with van der Waals surface area (Å²) in [4.78, 5) is 12.3. The zero-order chi connectivity index (χ0) is 17.5. The Bertz CT molecular complexity index is 720. The minimum atomic E-state index is -0.782. The molecule has 2 aromatic rings. The van der Waals surface area contributed by atoms with Gasteiger partial charge in [0, 0.05) is 36.5 Å². The molecule has 0 radical (unpaired) electrons. The van der Waals surface area contributed by atoms with E-state index in [1.54, 1.807) is 25.3 Å². The van der Waals surface area contributed by atoms with Crippen LogP contribution in [0.4, 0.5) is 0 Å². The monoisotopic (exact) mass is 327 g/mol. The lowest BCUT2D eigenvalue weighted by molar-refractivity contribution is -0.122. The number of nitrogens with zero attached hydrogens (tertiary/aromatic N) is 2. The molecule has 0 aliphatic heterocycles. The topological polar surface area (TPSA) is 76.3 Å². The van der Waals surface area contributed by atoms with Gasteiger partial charge < -0.3 is 19.4 Å². The number of rotatable bonds is 7. The van der Waals surface area contributed by atoms with Gasteiger partial charge in [-0.15, -0.1) is 0 Å². The Morgan fingerprint density at radius 2 is 2.00 bits per heavy atom. The minimum absolute atomic E-state index is 0.0112. The van der Waals surface area contributed by atoms with Crippen molar-refractivity contribution in [1.29, 1.82) is 5.26 Å². The molecule has 0 aliphatic carbocycles. The normalized spacial score (nSPS) is 12.8. The molecule has 2 rings (SSSR count). The molecule has 1 N–H and O–H groups in total. The maximum absolute atomic E-state index is 12.3. The molecular weight excluding hydrogens is 306 g/mol. The Kier molecular flexibility index (Phi) is 5.85. The number of nitriles is 1. The highest BCUT2D eigenvalue weighted by Crippen LogP contribution is 2.29. The lowest BCUT2D eigenvalue weighted by Crippen LogP contribution is -2.29. The molecule has 1 aromatic carbocycles. The van der Waals surface area contributed by atoms with Gasteiger partial charge in [-0.25, -0.2) is 0 Å². The first-order valence-corrected chi connectivity index (χ1v) is 7.62. The Morgan fingerprint density at radius 1 is 1.29 bits per heavy atom. The summed E-state index contributed by atoms with van der Waals surface area (Å²) in [5.41, 5.74) is 0.600. The first-order valence-electron chi connectivity index (χ1n) is 7.62. The van der Waals surface area contributed by atoms with Gasteiger partial charge in [-0.05, 0) is 31.2 Å². The van der Waals surface area contributed by atoms with Crippen LogP contribution in [0.1, 0.15) is 31.0 Å². The fourth-order valence-electron chi connectivity index (χ4n) is 2.47. The van der Waals surface area contributed by atoms with Gasteiger partial charge >= 0.3 is 0 Å². The van der Waals surface area contributed by atoms with Gasteiger partial charge in [0.25, 0.3) is 0 Å². The molecule has 6 heteroatoms. The van der Waals surface area contributed by atoms with Gasteiger partial charge in [-0.2, -0.15) is 5.26 Å². The third kappa shape index (κ3) is 4.07. The van der Waals surface area contributed by atoms with Crippen LogP contribution < -0.4 is 14.8 Å². The SMILES string of the molecule is COc1ccc([C@H](C#N)NC(=O)C[C@@H](C)n2cccc2)c(OC)c1. The molecule has 0 saturated heterocycles. The van der Waals surface area contributed by atoms with Gasteiger partial charge in [0.2, 0.25) is 5.91 Å². The maximum atomic E-state index is 12.3. The van der Waals surface area contributed by atoms with Crippen molar-refractivity contribution >= 4 is 5.91 Å². The highest BCUT2D eigenvalue weighted by molar-refractivity contribution is 5.77. The van der Waals surface area contributed by atoms with Crippen LogP contribution in [0.3, 0.4) is 0 Å². The van der Waals surface area contributed by atoms with Crippen LogP contribution in [0.5, 0.6) is 11.5 Å². The van der Waals surface area contributed by atoms with Gasteiger partial charge in [0.05, 0.1) is 20.3 Å². The van der Waals surface area contributed by atoms with Gasteiger partial charge in [0.15, 0.2) is 0 Å². The third-order valence-corrected chi connectivity index (χ3v) is 3.80. The summed E-state index contributed by atoms with van der Waals surface area (Å²) in [5, 5.41) is 12.2. The highest BCUT2D eigenvalue weighted by Gasteiger charge is 2.20. The Morgan fingerprint density at radius 3 is 2.58 bits per heavy atom. The summed E-state index contributed by atoms with van der Waals surface area (Å²) >= 11 is 0. The number of benzene rings is 1. The molecule has 6 nitrogen and oxygen atoms in total. The average molecular weight is 327 g/mol. The summed E-state index contributed by atoms with van der Waals surface area (Å²) in [6.07, 6.45) is 4.10. The summed E-state index contributed by atoms with van der Waals surface area (Å²) in [6, 6.07) is 10.3. The first-order chi connectivity index (χ1) is 11.6. The number of amides is 1. The van der Waals surface area contributed by atoms with E-state index in [4.69, 9.17) is 9.47 Å². The first kappa shape index (κ1) is 17.4. The van der Waals surface area contributed by atoms with E-state index in [0.29, 0.717) is 17.1 Å². The molecule has 0 fully saturated rings. The second-order valence-corrected chi connectivity index (χ2v) is 5.42. The molecule has 1 aromatic heterocycles. The molecule has 0 spiro atoms. The molecule has 24 heavy (non-hydrogen) atoms. The molecule has 0 saturated carbocycles. The molecule has 1 amide bonds. The minimum Gasteiger partial charge on any atom is -0.497 e. The predicted octanol–water partition coefficient (Wildman–Crippen LogP) is 2.84. The van der Waals surface area contributed by atoms with Crippen molar-refractivity contribution in [2.24, 2.45) is 0 Å². The number of hydrogen-bond donors (Lipinski definition) is 1. The van der Waals surface area contributed by atoms with Crippen molar-refractivity contribution in [2.75, 3.05) is 14.2 Å². The Labute approximate surface area is 141 Å². The van der Waals surface area contributed by atoms with Crippen molar-refractivity contribution in [3.05, 3.63) is 48.3 Å². The van der Waals surface area contributed by atoms with Crippen molar-refractivity contribution in [3.63, 3.8) is 0 Å². The predicted molar refractivity (Wildman–Crippen MR) is 89.8 cm³/mol. The highest BCUT2D eigenvalue weighted by atomic mass is 16.5. The lowest BCUT2D eigenvalue weighted by Gasteiger charge is -2.18. The van der Waals surface area contributed by atoms with Crippen LogP contribution in [0, 0.1) is 11.3 Å². The van der Waals surface area contributed by atoms with Crippen molar-refractivity contribution in [2.45, 2.75) is 25.4 Å². The zero-order valence-corrected chi connectivity index (χ0v) is 14.0. The lowest BCUT2D eigenvalue weighted by atomic mass is 10.1. The van der Waals surface area contributed by atoms with Gasteiger partial charge in [-0.3, -0.25) is 4.79 Å². The van der Waals surface area contributed by atoms with Crippen molar-refractivity contribution < 1.29 is 14.3 Å². The zero-order valence-electron chi connectivity index (χ0n) is 14.0. The quantitative estimate of drug-likeness (QED) is 0.848. The van der Waals surface area contributed by atoms with E-state index >= 15 is 0 Å². The number of hydrogen-bond acceptors (Lipinski definition) is 4. The van der Waals surface area contributed by atoms with E-state index in [-0.39, 0.29) is 18.4 Å². The molecule has 1 heterocycles. The number of methoxy groups -OCH3 is 2.